The van der Waals surface area contributed by atoms with Gasteiger partial charge in [-0.25, -0.2) is 19.2 Å². The second-order valence-corrected chi connectivity index (χ2v) is 7.48. The van der Waals surface area contributed by atoms with Crippen molar-refractivity contribution in [1.29, 1.82) is 0 Å². The topological polar surface area (TPSA) is 78.3 Å². The third-order valence-electron chi connectivity index (χ3n) is 4.66. The lowest BCUT2D eigenvalue weighted by Crippen LogP contribution is -2.19. The van der Waals surface area contributed by atoms with E-state index < -0.39 is 29.3 Å². The number of amides is 1. The summed E-state index contributed by atoms with van der Waals surface area (Å²) in [4.78, 5) is 20.8. The zero-order valence-electron chi connectivity index (χ0n) is 17.5. The highest BCUT2D eigenvalue weighted by Gasteiger charge is 2.31. The Balaban J connectivity index is 1.53. The second-order valence-electron chi connectivity index (χ2n) is 6.91. The Morgan fingerprint density at radius 3 is 2.71 bits per heavy atom. The minimum Gasteiger partial charge on any atom is -0.439 e. The van der Waals surface area contributed by atoms with E-state index in [0.717, 1.165) is 4.57 Å². The van der Waals surface area contributed by atoms with Gasteiger partial charge in [0.1, 0.15) is 24.5 Å². The number of rotatable bonds is 6. The van der Waals surface area contributed by atoms with Crippen LogP contribution in [-0.4, -0.2) is 26.8 Å². The van der Waals surface area contributed by atoms with Crippen LogP contribution < -0.4 is 10.1 Å². The first kappa shape index (κ1) is 23.5. The smallest absolute Gasteiger partial charge is 0.416 e. The summed E-state index contributed by atoms with van der Waals surface area (Å²) in [7, 11) is 0. The van der Waals surface area contributed by atoms with Crippen LogP contribution in [0.5, 0.6) is 11.6 Å². The molecule has 34 heavy (non-hydrogen) atoms. The van der Waals surface area contributed by atoms with Crippen LogP contribution in [0.25, 0.3) is 10.9 Å². The number of hydrogen-bond donors (Lipinski definition) is 1. The Hall–Kier alpha value is -3.64. The van der Waals surface area contributed by atoms with Gasteiger partial charge in [0.2, 0.25) is 5.88 Å². The largest absolute Gasteiger partial charge is 0.439 e. The summed E-state index contributed by atoms with van der Waals surface area (Å²) in [5, 5.41) is 2.79. The van der Waals surface area contributed by atoms with Crippen LogP contribution in [0.4, 0.5) is 28.0 Å². The fourth-order valence-corrected chi connectivity index (χ4v) is 3.32. The molecule has 4 rings (SSSR count). The van der Waals surface area contributed by atoms with Crippen LogP contribution >= 0.6 is 12.0 Å². The molecule has 0 saturated carbocycles. The number of ether oxygens (including phenoxy) is 1. The SMILES string of the molecule is CSOCc1cc(Oc2ccc3c(ccn3C(=O)Nc3cc(C(F)(F)F)ccc3F)c2)ncn1. The summed E-state index contributed by atoms with van der Waals surface area (Å²) in [5.41, 5.74) is -0.582. The number of carbonyl (C=O) groups is 1. The van der Waals surface area contributed by atoms with E-state index in [2.05, 4.69) is 15.3 Å². The molecule has 7 nitrogen and oxygen atoms in total. The molecule has 1 amide bonds. The summed E-state index contributed by atoms with van der Waals surface area (Å²) in [6.07, 6.45) is -0.120. The Morgan fingerprint density at radius 1 is 1.12 bits per heavy atom. The number of fused-ring (bicyclic) bond motifs is 1. The van der Waals surface area contributed by atoms with Crippen molar-refractivity contribution in [3.8, 4) is 11.6 Å². The number of alkyl halides is 3. The molecule has 0 atom stereocenters. The first-order valence-corrected chi connectivity index (χ1v) is 10.8. The Morgan fingerprint density at radius 2 is 1.94 bits per heavy atom. The number of nitrogens with one attached hydrogen (secondary N) is 1. The number of carbonyl (C=O) groups excluding carboxylic acids is 1. The van der Waals surface area contributed by atoms with Crippen molar-refractivity contribution in [2.45, 2.75) is 12.8 Å². The maximum atomic E-state index is 14.0. The molecule has 176 valence electrons. The molecular weight excluding hydrogens is 476 g/mol. The number of aromatic nitrogens is 3. The molecule has 0 radical (unpaired) electrons. The molecule has 0 aliphatic rings. The zero-order valence-corrected chi connectivity index (χ0v) is 18.3. The summed E-state index contributed by atoms with van der Waals surface area (Å²) < 4.78 is 64.9. The highest BCUT2D eigenvalue weighted by molar-refractivity contribution is 7.93. The number of hydrogen-bond acceptors (Lipinski definition) is 6. The molecular formula is C22H16F4N4O3S. The number of benzene rings is 2. The molecule has 0 bridgehead atoms. The van der Waals surface area contributed by atoms with Gasteiger partial charge in [-0.3, -0.25) is 4.57 Å². The van der Waals surface area contributed by atoms with Crippen molar-refractivity contribution < 1.29 is 31.3 Å². The predicted octanol–water partition coefficient (Wildman–Crippen LogP) is 6.26. The van der Waals surface area contributed by atoms with E-state index in [9.17, 15) is 22.4 Å². The minimum atomic E-state index is -4.67. The van der Waals surface area contributed by atoms with Gasteiger partial charge in [-0.2, -0.15) is 13.2 Å². The highest BCUT2D eigenvalue weighted by Crippen LogP contribution is 2.32. The van der Waals surface area contributed by atoms with Crippen LogP contribution in [-0.2, 0) is 17.0 Å². The van der Waals surface area contributed by atoms with E-state index in [1.807, 2.05) is 0 Å². The summed E-state index contributed by atoms with van der Waals surface area (Å²) in [5.74, 6) is -0.253. The van der Waals surface area contributed by atoms with Gasteiger partial charge in [-0.1, -0.05) is 0 Å². The lowest BCUT2D eigenvalue weighted by Gasteiger charge is -2.12. The fourth-order valence-electron chi connectivity index (χ4n) is 3.09. The normalized spacial score (nSPS) is 11.6. The highest BCUT2D eigenvalue weighted by atomic mass is 32.2. The van der Waals surface area contributed by atoms with Gasteiger partial charge in [0, 0.05) is 23.9 Å². The summed E-state index contributed by atoms with van der Waals surface area (Å²) in [6.45, 7) is 0.281. The van der Waals surface area contributed by atoms with Crippen molar-refractivity contribution in [3.05, 3.63) is 78.1 Å². The molecule has 4 aromatic rings. The second kappa shape index (κ2) is 9.69. The van der Waals surface area contributed by atoms with E-state index in [-0.39, 0.29) is 6.61 Å². The number of nitrogens with zero attached hydrogens (tertiary/aromatic N) is 3. The van der Waals surface area contributed by atoms with E-state index in [0.29, 0.717) is 46.4 Å². The molecule has 2 aromatic heterocycles. The van der Waals surface area contributed by atoms with Crippen LogP contribution in [0.3, 0.4) is 0 Å². The Labute approximate surface area is 194 Å². The van der Waals surface area contributed by atoms with Crippen molar-refractivity contribution >= 4 is 34.7 Å². The fraction of sp³-hybridized carbons (Fsp3) is 0.136. The quantitative estimate of drug-likeness (QED) is 0.253. The standard InChI is InChI=1S/C22H16F4N4O3S/c1-34-32-11-15-10-20(28-12-27-15)33-16-3-5-19-13(8-16)6-7-30(19)21(31)29-18-9-14(22(24,25)26)2-4-17(18)23/h2-10,12H,11H2,1H3,(H,29,31). The predicted molar refractivity (Wildman–Crippen MR) is 118 cm³/mol. The molecule has 0 unspecified atom stereocenters. The number of halogens is 4. The van der Waals surface area contributed by atoms with Gasteiger partial charge in [-0.15, -0.1) is 0 Å². The van der Waals surface area contributed by atoms with Crippen LogP contribution in [0, 0.1) is 5.82 Å². The van der Waals surface area contributed by atoms with Gasteiger partial charge in [-0.05, 0) is 54.5 Å². The van der Waals surface area contributed by atoms with Crippen molar-refractivity contribution in [2.75, 3.05) is 11.6 Å². The zero-order chi connectivity index (χ0) is 24.3. The van der Waals surface area contributed by atoms with Crippen molar-refractivity contribution in [2.24, 2.45) is 0 Å². The average Bonchev–Trinajstić information content (AvgIpc) is 3.22. The molecule has 0 aliphatic heterocycles. The summed E-state index contributed by atoms with van der Waals surface area (Å²) in [6, 6.07) is 9.06. The number of anilines is 1. The van der Waals surface area contributed by atoms with Gasteiger partial charge in [0.05, 0.1) is 22.5 Å². The minimum absolute atomic E-state index is 0.281. The molecule has 1 N–H and O–H groups in total. The molecule has 0 aliphatic carbocycles. The molecule has 0 fully saturated rings. The third-order valence-corrected chi connectivity index (χ3v) is 5.02. The van der Waals surface area contributed by atoms with E-state index >= 15 is 0 Å². The average molecular weight is 492 g/mol. The first-order valence-electron chi connectivity index (χ1n) is 9.68. The van der Waals surface area contributed by atoms with Gasteiger partial charge in [0.15, 0.2) is 0 Å². The molecule has 2 aromatic carbocycles. The van der Waals surface area contributed by atoms with Gasteiger partial charge < -0.3 is 14.2 Å². The first-order chi connectivity index (χ1) is 16.2. The molecule has 0 saturated heterocycles. The van der Waals surface area contributed by atoms with E-state index in [4.69, 9.17) is 8.92 Å². The molecule has 0 spiro atoms. The summed E-state index contributed by atoms with van der Waals surface area (Å²) >= 11 is 1.21. The lowest BCUT2D eigenvalue weighted by molar-refractivity contribution is -0.137. The van der Waals surface area contributed by atoms with Gasteiger partial charge >= 0.3 is 12.2 Å². The van der Waals surface area contributed by atoms with Crippen LogP contribution in [0.15, 0.2) is 61.1 Å². The van der Waals surface area contributed by atoms with Crippen LogP contribution in [0.1, 0.15) is 11.3 Å². The third kappa shape index (κ3) is 5.29. The van der Waals surface area contributed by atoms with Gasteiger partial charge in [0.25, 0.3) is 0 Å². The maximum absolute atomic E-state index is 14.0. The Kier molecular flexibility index (Phi) is 6.70. The maximum Gasteiger partial charge on any atom is 0.416 e. The lowest BCUT2D eigenvalue weighted by atomic mass is 10.2. The van der Waals surface area contributed by atoms with Crippen LogP contribution in [0.2, 0.25) is 0 Å². The monoisotopic (exact) mass is 492 g/mol. The molecule has 12 heteroatoms. The molecule has 2 heterocycles. The van der Waals surface area contributed by atoms with E-state index in [1.54, 1.807) is 36.6 Å². The Bertz CT molecular complexity index is 1340. The van der Waals surface area contributed by atoms with Crippen molar-refractivity contribution in [1.82, 2.24) is 14.5 Å². The van der Waals surface area contributed by atoms with Crippen molar-refractivity contribution in [3.63, 3.8) is 0 Å². The van der Waals surface area contributed by atoms with E-state index in [1.165, 1.54) is 24.6 Å².